The standard InChI is InChI=1S/C21H42BNO2/c1-3-5-7-9-11-16-20-24-22(18-14-13-15-19-23)25-21-17-12-10-8-6-4-2/h3-18,20-21H2,1-2H3. The quantitative estimate of drug-likeness (QED) is 0.176. The van der Waals surface area contributed by atoms with Gasteiger partial charge in [0, 0.05) is 19.6 Å². The van der Waals surface area contributed by atoms with Gasteiger partial charge in [0.1, 0.15) is 0 Å². The van der Waals surface area contributed by atoms with E-state index < -0.39 is 0 Å². The van der Waals surface area contributed by atoms with Crippen LogP contribution in [0.2, 0.25) is 6.32 Å². The first kappa shape index (κ1) is 24.5. The van der Waals surface area contributed by atoms with Gasteiger partial charge in [-0.25, -0.2) is 0 Å². The fourth-order valence-corrected chi connectivity index (χ4v) is 2.92. The molecule has 0 fully saturated rings. The van der Waals surface area contributed by atoms with Gasteiger partial charge in [0.2, 0.25) is 0 Å². The zero-order valence-corrected chi connectivity index (χ0v) is 17.1. The molecular weight excluding hydrogens is 309 g/mol. The lowest BCUT2D eigenvalue weighted by Crippen LogP contribution is -2.24. The van der Waals surface area contributed by atoms with Crippen molar-refractivity contribution in [2.45, 2.75) is 116 Å². The molecule has 0 rings (SSSR count). The number of rotatable bonds is 20. The maximum Gasteiger partial charge on any atom is 0.456 e. The molecule has 0 N–H and O–H groups in total. The van der Waals surface area contributed by atoms with Crippen LogP contribution in [0.25, 0.3) is 0 Å². The van der Waals surface area contributed by atoms with Crippen molar-refractivity contribution in [1.29, 1.82) is 5.26 Å². The average molecular weight is 351 g/mol. The third-order valence-electron chi connectivity index (χ3n) is 4.58. The first-order valence-electron chi connectivity index (χ1n) is 10.9. The molecule has 0 bridgehead atoms. The van der Waals surface area contributed by atoms with Crippen LogP contribution in [0.5, 0.6) is 0 Å². The van der Waals surface area contributed by atoms with E-state index in [1.165, 1.54) is 64.2 Å². The highest BCUT2D eigenvalue weighted by Gasteiger charge is 2.17. The Balaban J connectivity index is 3.73. The van der Waals surface area contributed by atoms with Gasteiger partial charge >= 0.3 is 7.12 Å². The van der Waals surface area contributed by atoms with Crippen molar-refractivity contribution in [2.24, 2.45) is 0 Å². The highest BCUT2D eigenvalue weighted by atomic mass is 16.6. The molecule has 0 aromatic rings. The number of unbranched alkanes of at least 4 members (excludes halogenated alkanes) is 12. The molecule has 0 amide bonds. The maximum atomic E-state index is 8.64. The Hall–Kier alpha value is -0.525. The molecule has 0 saturated carbocycles. The van der Waals surface area contributed by atoms with Gasteiger partial charge in [-0.1, -0.05) is 84.5 Å². The number of hydrogen-bond acceptors (Lipinski definition) is 3. The third-order valence-corrected chi connectivity index (χ3v) is 4.58. The van der Waals surface area contributed by atoms with Gasteiger partial charge < -0.3 is 9.31 Å². The molecule has 0 aliphatic carbocycles. The molecule has 0 aliphatic rings. The molecule has 0 radical (unpaired) electrons. The predicted molar refractivity (Wildman–Crippen MR) is 109 cm³/mol. The zero-order chi connectivity index (χ0) is 18.4. The van der Waals surface area contributed by atoms with E-state index in [1.54, 1.807) is 0 Å². The monoisotopic (exact) mass is 351 g/mol. The minimum Gasteiger partial charge on any atom is -0.411 e. The fraction of sp³-hybridized carbons (Fsp3) is 0.952. The van der Waals surface area contributed by atoms with E-state index in [4.69, 9.17) is 14.6 Å². The lowest BCUT2D eigenvalue weighted by atomic mass is 9.81. The average Bonchev–Trinajstić information content (AvgIpc) is 2.63. The van der Waals surface area contributed by atoms with Crippen LogP contribution < -0.4 is 0 Å². The molecule has 0 heterocycles. The van der Waals surface area contributed by atoms with Crippen LogP contribution in [0, 0.1) is 11.3 Å². The van der Waals surface area contributed by atoms with E-state index in [1.807, 2.05) is 0 Å². The largest absolute Gasteiger partial charge is 0.456 e. The van der Waals surface area contributed by atoms with Gasteiger partial charge in [0.25, 0.3) is 0 Å². The predicted octanol–water partition coefficient (Wildman–Crippen LogP) is 6.92. The van der Waals surface area contributed by atoms with Gasteiger partial charge in [0.15, 0.2) is 0 Å². The van der Waals surface area contributed by atoms with Crippen molar-refractivity contribution in [3.8, 4) is 6.07 Å². The molecule has 0 spiro atoms. The molecule has 3 nitrogen and oxygen atoms in total. The van der Waals surface area contributed by atoms with Gasteiger partial charge in [0.05, 0.1) is 6.07 Å². The second-order valence-corrected chi connectivity index (χ2v) is 7.11. The van der Waals surface area contributed by atoms with Crippen molar-refractivity contribution in [3.63, 3.8) is 0 Å². The van der Waals surface area contributed by atoms with Crippen LogP contribution in [0.1, 0.15) is 110 Å². The summed E-state index contributed by atoms with van der Waals surface area (Å²) in [5, 5.41) is 8.64. The normalized spacial score (nSPS) is 10.8. The number of nitrogens with zero attached hydrogens (tertiary/aromatic N) is 1. The van der Waals surface area contributed by atoms with Gasteiger partial charge in [-0.2, -0.15) is 5.26 Å². The van der Waals surface area contributed by atoms with Crippen LogP contribution in [-0.2, 0) is 9.31 Å². The minimum atomic E-state index is -0.0648. The smallest absolute Gasteiger partial charge is 0.411 e. The summed E-state index contributed by atoms with van der Waals surface area (Å²) in [6.45, 7) is 6.12. The Morgan fingerprint density at radius 3 is 1.60 bits per heavy atom. The van der Waals surface area contributed by atoms with Crippen LogP contribution in [0.4, 0.5) is 0 Å². The fourth-order valence-electron chi connectivity index (χ4n) is 2.92. The Bertz CT molecular complexity index is 276. The van der Waals surface area contributed by atoms with Crippen molar-refractivity contribution in [3.05, 3.63) is 0 Å². The Morgan fingerprint density at radius 1 is 0.640 bits per heavy atom. The molecule has 25 heavy (non-hydrogen) atoms. The highest BCUT2D eigenvalue weighted by Crippen LogP contribution is 2.11. The topological polar surface area (TPSA) is 42.2 Å². The molecule has 0 aliphatic heterocycles. The highest BCUT2D eigenvalue weighted by molar-refractivity contribution is 6.44. The second kappa shape index (κ2) is 21.5. The summed E-state index contributed by atoms with van der Waals surface area (Å²) < 4.78 is 11.9. The van der Waals surface area contributed by atoms with E-state index in [9.17, 15) is 0 Å². The van der Waals surface area contributed by atoms with Gasteiger partial charge in [-0.15, -0.1) is 0 Å². The first-order chi connectivity index (χ1) is 12.3. The van der Waals surface area contributed by atoms with Crippen molar-refractivity contribution < 1.29 is 9.31 Å². The van der Waals surface area contributed by atoms with E-state index in [2.05, 4.69) is 19.9 Å². The maximum absolute atomic E-state index is 8.64. The summed E-state index contributed by atoms with van der Waals surface area (Å²) >= 11 is 0. The molecule has 0 aromatic heterocycles. The summed E-state index contributed by atoms with van der Waals surface area (Å²) in [5.74, 6) is 0. The molecule has 146 valence electrons. The van der Waals surface area contributed by atoms with Crippen LogP contribution in [0.15, 0.2) is 0 Å². The zero-order valence-electron chi connectivity index (χ0n) is 17.1. The molecule has 4 heteroatoms. The van der Waals surface area contributed by atoms with Crippen molar-refractivity contribution >= 4 is 7.12 Å². The van der Waals surface area contributed by atoms with E-state index in [-0.39, 0.29) is 7.12 Å². The Kier molecular flexibility index (Phi) is 21.1. The lowest BCUT2D eigenvalue weighted by molar-refractivity contribution is 0.188. The van der Waals surface area contributed by atoms with Crippen LogP contribution >= 0.6 is 0 Å². The van der Waals surface area contributed by atoms with Crippen LogP contribution in [-0.4, -0.2) is 20.3 Å². The summed E-state index contributed by atoms with van der Waals surface area (Å²) in [4.78, 5) is 0. The Labute approximate surface area is 158 Å². The second-order valence-electron chi connectivity index (χ2n) is 7.11. The SMILES string of the molecule is CCCCCCCCOB(CCCCC#N)OCCCCCCCC. The molecule has 0 unspecified atom stereocenters. The summed E-state index contributed by atoms with van der Waals surface area (Å²) in [6.07, 6.45) is 19.0. The molecule has 0 aromatic carbocycles. The summed E-state index contributed by atoms with van der Waals surface area (Å²) in [7, 11) is -0.0648. The third kappa shape index (κ3) is 19.6. The van der Waals surface area contributed by atoms with Crippen molar-refractivity contribution in [2.75, 3.05) is 13.2 Å². The van der Waals surface area contributed by atoms with Gasteiger partial charge in [-0.3, -0.25) is 0 Å². The van der Waals surface area contributed by atoms with E-state index in [0.717, 1.165) is 45.2 Å². The van der Waals surface area contributed by atoms with Gasteiger partial charge in [-0.05, 0) is 25.6 Å². The number of nitriles is 1. The molecule has 0 atom stereocenters. The molecular formula is C21H42BNO2. The number of hydrogen-bond donors (Lipinski definition) is 0. The van der Waals surface area contributed by atoms with E-state index in [0.29, 0.717) is 6.42 Å². The van der Waals surface area contributed by atoms with Crippen LogP contribution in [0.3, 0.4) is 0 Å². The summed E-state index contributed by atoms with van der Waals surface area (Å²) in [5.41, 5.74) is 0. The summed E-state index contributed by atoms with van der Waals surface area (Å²) in [6, 6.07) is 2.21. The molecule has 0 saturated heterocycles. The minimum absolute atomic E-state index is 0.0648. The lowest BCUT2D eigenvalue weighted by Gasteiger charge is -2.15. The van der Waals surface area contributed by atoms with E-state index >= 15 is 0 Å². The van der Waals surface area contributed by atoms with Crippen molar-refractivity contribution in [1.82, 2.24) is 0 Å². The first-order valence-corrected chi connectivity index (χ1v) is 10.9. The Morgan fingerprint density at radius 2 is 1.12 bits per heavy atom.